The van der Waals surface area contributed by atoms with Crippen LogP contribution < -0.4 is 0 Å². The average Bonchev–Trinajstić information content (AvgIpc) is 2.66. The zero-order valence-electron chi connectivity index (χ0n) is 15.7. The zero-order valence-corrected chi connectivity index (χ0v) is 15.7. The Morgan fingerprint density at radius 1 is 0.808 bits per heavy atom. The van der Waals surface area contributed by atoms with Crippen molar-refractivity contribution in [2.45, 2.75) is 51.9 Å². The second-order valence-corrected chi connectivity index (χ2v) is 8.55. The van der Waals surface area contributed by atoms with Gasteiger partial charge in [0.25, 0.3) is 0 Å². The Kier molecular flexibility index (Phi) is 4.04. The third-order valence-corrected chi connectivity index (χ3v) is 6.57. The van der Waals surface area contributed by atoms with Crippen LogP contribution in [-0.2, 0) is 12.8 Å². The van der Waals surface area contributed by atoms with E-state index in [4.69, 9.17) is 4.98 Å². The smallest absolute Gasteiger partial charge is 0.0780 e. The average molecular weight is 341 g/mol. The molecule has 0 atom stereocenters. The number of hydrogen-bond acceptors (Lipinski definition) is 1. The highest BCUT2D eigenvalue weighted by molar-refractivity contribution is 5.95. The number of hydrogen-bond donors (Lipinski definition) is 0. The lowest BCUT2D eigenvalue weighted by Gasteiger charge is -2.28. The van der Waals surface area contributed by atoms with E-state index in [0.717, 1.165) is 17.5 Å². The van der Waals surface area contributed by atoms with Crippen molar-refractivity contribution in [3.8, 4) is 11.3 Å². The third kappa shape index (κ3) is 3.05. The zero-order chi connectivity index (χ0) is 17.5. The fourth-order valence-electron chi connectivity index (χ4n) is 5.16. The summed E-state index contributed by atoms with van der Waals surface area (Å²) in [6, 6.07) is 16.3. The van der Waals surface area contributed by atoms with E-state index in [1.54, 1.807) is 0 Å². The molecule has 1 aromatic heterocycles. The number of nitrogens with zero attached hydrogens (tertiary/aromatic N) is 1. The van der Waals surface area contributed by atoms with Crippen molar-refractivity contribution in [3.05, 3.63) is 65.4 Å². The molecule has 2 aromatic carbocycles. The minimum atomic E-state index is 0.864. The Hall–Kier alpha value is -2.15. The lowest BCUT2D eigenvalue weighted by atomic mass is 9.77. The van der Waals surface area contributed by atoms with Crippen molar-refractivity contribution in [2.24, 2.45) is 11.8 Å². The fraction of sp³-hybridized carbons (Fsp3) is 0.400. The van der Waals surface area contributed by atoms with Crippen LogP contribution in [0.1, 0.15) is 48.8 Å². The normalized spacial score (nSPS) is 22.5. The van der Waals surface area contributed by atoms with E-state index in [-0.39, 0.29) is 0 Å². The van der Waals surface area contributed by atoms with E-state index in [1.807, 2.05) is 6.20 Å². The maximum Gasteiger partial charge on any atom is 0.0780 e. The van der Waals surface area contributed by atoms with Gasteiger partial charge < -0.3 is 0 Å². The Labute approximate surface area is 156 Å². The molecule has 1 saturated carbocycles. The number of aromatic nitrogens is 1. The molecule has 1 nitrogen and oxygen atoms in total. The third-order valence-electron chi connectivity index (χ3n) is 6.57. The van der Waals surface area contributed by atoms with Crippen molar-refractivity contribution < 1.29 is 0 Å². The van der Waals surface area contributed by atoms with Gasteiger partial charge in [-0.05, 0) is 85.6 Å². The summed E-state index contributed by atoms with van der Waals surface area (Å²) in [7, 11) is 0. The molecule has 1 heteroatoms. The molecule has 5 aliphatic rings. The predicted octanol–water partition coefficient (Wildman–Crippen LogP) is 6.51. The first-order valence-electron chi connectivity index (χ1n) is 10.2. The molecule has 0 unspecified atom stereocenters. The highest BCUT2D eigenvalue weighted by Gasteiger charge is 2.22. The van der Waals surface area contributed by atoms with Gasteiger partial charge in [0.05, 0.1) is 5.69 Å². The number of aryl methyl sites for hydroxylation is 2. The number of rotatable bonds is 0. The highest BCUT2D eigenvalue weighted by Crippen LogP contribution is 2.36. The molecule has 132 valence electrons. The summed E-state index contributed by atoms with van der Waals surface area (Å²) < 4.78 is 0. The van der Waals surface area contributed by atoms with Gasteiger partial charge in [-0.1, -0.05) is 42.7 Å². The summed E-state index contributed by atoms with van der Waals surface area (Å²) in [4.78, 5) is 4.78. The lowest BCUT2D eigenvalue weighted by Crippen LogP contribution is -2.17. The molecule has 5 aliphatic carbocycles. The van der Waals surface area contributed by atoms with Gasteiger partial charge in [-0.25, -0.2) is 0 Å². The molecule has 8 bridgehead atoms. The van der Waals surface area contributed by atoms with Crippen LogP contribution in [0.4, 0.5) is 0 Å². The van der Waals surface area contributed by atoms with Gasteiger partial charge in [0.1, 0.15) is 0 Å². The van der Waals surface area contributed by atoms with Crippen molar-refractivity contribution in [3.63, 3.8) is 0 Å². The second-order valence-electron chi connectivity index (χ2n) is 8.55. The quantitative estimate of drug-likeness (QED) is 0.454. The molecular weight excluding hydrogens is 314 g/mol. The van der Waals surface area contributed by atoms with E-state index in [1.165, 1.54) is 78.0 Å². The van der Waals surface area contributed by atoms with Gasteiger partial charge in [-0.3, -0.25) is 4.98 Å². The van der Waals surface area contributed by atoms with Gasteiger partial charge in [0.15, 0.2) is 0 Å². The van der Waals surface area contributed by atoms with Crippen molar-refractivity contribution in [2.75, 3.05) is 0 Å². The van der Waals surface area contributed by atoms with Crippen LogP contribution in [0.3, 0.4) is 0 Å². The Bertz CT molecular complexity index is 948. The van der Waals surface area contributed by atoms with Crippen LogP contribution in [0.2, 0.25) is 0 Å². The van der Waals surface area contributed by atoms with Gasteiger partial charge in [0.2, 0.25) is 0 Å². The molecule has 0 spiro atoms. The highest BCUT2D eigenvalue weighted by atomic mass is 14.7. The largest absolute Gasteiger partial charge is 0.256 e. The minimum absolute atomic E-state index is 0.864. The monoisotopic (exact) mass is 341 g/mol. The van der Waals surface area contributed by atoms with Crippen molar-refractivity contribution in [1.82, 2.24) is 4.98 Å². The fourth-order valence-corrected chi connectivity index (χ4v) is 5.16. The Morgan fingerprint density at radius 3 is 2.54 bits per heavy atom. The standard InChI is InChI=1S/C25H27N/c1-17-12-21-14-19-5-2-18(3-6-19)4-7-20-8-9-24-22(15-20)10-11-26-25(24)23(13-17)16-21/h8-13,15-16,18-19H,2-7,14H2,1H3. The molecule has 0 aliphatic heterocycles. The molecule has 0 saturated heterocycles. The van der Waals surface area contributed by atoms with E-state index in [2.05, 4.69) is 49.4 Å². The van der Waals surface area contributed by atoms with Crippen LogP contribution in [0.15, 0.2) is 48.7 Å². The van der Waals surface area contributed by atoms with Crippen LogP contribution in [0, 0.1) is 18.8 Å². The SMILES string of the molecule is Cc1cc2cc(c1)-c1nccc3cc(ccc13)CCC1CCC(CC1)C2. The van der Waals surface area contributed by atoms with Crippen LogP contribution in [-0.4, -0.2) is 4.98 Å². The van der Waals surface area contributed by atoms with Crippen molar-refractivity contribution in [1.29, 1.82) is 0 Å². The molecular formula is C25H27N. The molecule has 1 heterocycles. The first kappa shape index (κ1) is 16.1. The van der Waals surface area contributed by atoms with Crippen LogP contribution >= 0.6 is 0 Å². The van der Waals surface area contributed by atoms with E-state index < -0.39 is 0 Å². The first-order chi connectivity index (χ1) is 12.7. The van der Waals surface area contributed by atoms with Gasteiger partial charge in [0, 0.05) is 17.1 Å². The van der Waals surface area contributed by atoms with E-state index >= 15 is 0 Å². The van der Waals surface area contributed by atoms with Gasteiger partial charge in [-0.15, -0.1) is 0 Å². The summed E-state index contributed by atoms with van der Waals surface area (Å²) in [5.74, 6) is 1.79. The van der Waals surface area contributed by atoms with Gasteiger partial charge in [-0.2, -0.15) is 0 Å². The summed E-state index contributed by atoms with van der Waals surface area (Å²) in [6.07, 6.45) is 11.4. The minimum Gasteiger partial charge on any atom is -0.256 e. The summed E-state index contributed by atoms with van der Waals surface area (Å²) in [6.45, 7) is 2.22. The maximum absolute atomic E-state index is 4.78. The van der Waals surface area contributed by atoms with Crippen LogP contribution in [0.25, 0.3) is 22.0 Å². The number of pyridine rings is 1. The Morgan fingerprint density at radius 2 is 1.65 bits per heavy atom. The molecule has 26 heavy (non-hydrogen) atoms. The second kappa shape index (κ2) is 6.54. The van der Waals surface area contributed by atoms with E-state index in [9.17, 15) is 0 Å². The van der Waals surface area contributed by atoms with Crippen molar-refractivity contribution >= 4 is 10.8 Å². The summed E-state index contributed by atoms with van der Waals surface area (Å²) >= 11 is 0. The molecule has 8 rings (SSSR count). The van der Waals surface area contributed by atoms with E-state index in [0.29, 0.717) is 0 Å². The van der Waals surface area contributed by atoms with Crippen LogP contribution in [0.5, 0.6) is 0 Å². The molecule has 0 N–H and O–H groups in total. The predicted molar refractivity (Wildman–Crippen MR) is 109 cm³/mol. The Balaban J connectivity index is 1.69. The summed E-state index contributed by atoms with van der Waals surface area (Å²) in [5, 5.41) is 2.61. The molecule has 0 amide bonds. The topological polar surface area (TPSA) is 12.9 Å². The molecule has 0 radical (unpaired) electrons. The molecule has 1 fully saturated rings. The summed E-state index contributed by atoms with van der Waals surface area (Å²) in [5.41, 5.74) is 6.75. The lowest BCUT2D eigenvalue weighted by molar-refractivity contribution is 0.262. The molecule has 3 aromatic rings. The first-order valence-corrected chi connectivity index (χ1v) is 10.2. The maximum atomic E-state index is 4.78. The van der Waals surface area contributed by atoms with Gasteiger partial charge >= 0.3 is 0 Å². The number of benzene rings is 2.